The van der Waals surface area contributed by atoms with Gasteiger partial charge < -0.3 is 14.7 Å². The Balaban J connectivity index is -0.0000000407. The van der Waals surface area contributed by atoms with E-state index in [-0.39, 0.29) is 18.5 Å². The Labute approximate surface area is 341 Å². The average Bonchev–Trinajstić information content (AvgIpc) is 3.09. The van der Waals surface area contributed by atoms with Gasteiger partial charge in [-0.25, -0.2) is 0 Å². The maximum atomic E-state index is 8.11. The number of ether oxygens (including phenoxy) is 2. The molecule has 1 heterocycles. The summed E-state index contributed by atoms with van der Waals surface area (Å²) in [7, 11) is 31.8. The highest BCUT2D eigenvalue weighted by atomic mass is 16.6. The first-order valence-electron chi connectivity index (χ1n) is 15.9. The Morgan fingerprint density at radius 1 is 0.750 bits per heavy atom. The van der Waals surface area contributed by atoms with Gasteiger partial charge in [0.25, 0.3) is 0 Å². The first-order chi connectivity index (χ1) is 24.9. The van der Waals surface area contributed by atoms with Crippen molar-refractivity contribution in [2.45, 2.75) is 39.5 Å². The van der Waals surface area contributed by atoms with E-state index in [1.165, 1.54) is 16.5 Å². The molecule has 1 aromatic rings. The fourth-order valence-electron chi connectivity index (χ4n) is 3.97. The highest BCUT2D eigenvalue weighted by molar-refractivity contribution is 8.00. The summed E-state index contributed by atoms with van der Waals surface area (Å²) in [4.78, 5) is 10.5. The Hall–Kier alpha value is -4.97. The third-order valence-corrected chi connectivity index (χ3v) is 6.37. The lowest BCUT2D eigenvalue weighted by Gasteiger charge is -2.27. The maximum absolute atomic E-state index is 8.11. The summed E-state index contributed by atoms with van der Waals surface area (Å²) in [6.45, 7) is 14.4. The molecule has 1 saturated heterocycles. The van der Waals surface area contributed by atoms with E-state index >= 15 is 0 Å². The van der Waals surface area contributed by atoms with Gasteiger partial charge in [0.05, 0.1) is 13.2 Å². The van der Waals surface area contributed by atoms with Crippen molar-refractivity contribution in [2.75, 3.05) is 39.5 Å². The van der Waals surface area contributed by atoms with Crippen LogP contribution < -0.4 is 4.74 Å². The standard InChI is InChI=1S/C18H29NO2.C18H2.B10.HNO2.13H2/c1-14(2)16-6-5-7-17(15(3)4)18(16)21-13-10-19-8-11-20-12-9-19;1-3-5-7-9-11-13-15-17-18-16-14-12-10-8-6-4-2;1-7(2)10(8(3)4)9(5)6;2-1-3;;;;;;;;;;;;;/h5-7,14-15H,8-13H2,1-4H3;1-2H;;(H,2,3);13*1H. The van der Waals surface area contributed by atoms with Crippen LogP contribution in [0.2, 0.25) is 0 Å². The van der Waals surface area contributed by atoms with Crippen LogP contribution in [0.5, 0.6) is 5.75 Å². The zero-order valence-electron chi connectivity index (χ0n) is 30.1. The summed E-state index contributed by atoms with van der Waals surface area (Å²) in [6, 6.07) is 6.54. The van der Waals surface area contributed by atoms with E-state index in [0.29, 0.717) is 11.8 Å². The second kappa shape index (κ2) is 33.2. The van der Waals surface area contributed by atoms with Crippen molar-refractivity contribution < 1.29 is 33.2 Å². The molecule has 1 N–H and O–H groups in total. The van der Waals surface area contributed by atoms with E-state index in [9.17, 15) is 0 Å². The summed E-state index contributed by atoms with van der Waals surface area (Å²) in [6.07, 6.45) is 7.32. The molecule has 2 rings (SSSR count). The molecule has 0 atom stereocenters. The van der Waals surface area contributed by atoms with Gasteiger partial charge in [-0.1, -0.05) is 45.9 Å². The normalized spacial score (nSPS) is 9.85. The quantitative estimate of drug-likeness (QED) is 0.186. The highest BCUT2D eigenvalue weighted by Crippen LogP contribution is 2.34. The third-order valence-electron chi connectivity index (χ3n) is 6.37. The molecule has 0 aliphatic carbocycles. The van der Waals surface area contributed by atoms with Gasteiger partial charge in [-0.15, -0.1) is 17.8 Å². The first kappa shape index (κ1) is 49.1. The Morgan fingerprint density at radius 3 is 1.35 bits per heavy atom. The molecule has 6 nitrogen and oxygen atoms in total. The molecule has 52 heavy (non-hydrogen) atoms. The monoisotopic (exact) mass is 693 g/mol. The lowest BCUT2D eigenvalue weighted by Crippen LogP contribution is -2.62. The number of nitrogens with zero attached hydrogens (tertiary/aromatic N) is 2. The molecule has 0 aromatic heterocycles. The smallest absolute Gasteiger partial charge is 0.152 e. The SMILES string of the molecule is C#CC#CC#CC#CC#CC#CC#CC#CC#C.CC(C)c1cccc(C(C)C)c1OCCN1CCOCC1.O=NO.[B]B([B])B(B([B])[B])B([B])[B].[HH].[HH].[HH].[HH].[HH].[HH].[HH].[HH].[HH].[HH].[HH].[HH].[HH]. The second-order valence-electron chi connectivity index (χ2n) is 10.8. The molecule has 266 valence electrons. The van der Waals surface area contributed by atoms with Gasteiger partial charge in [0.1, 0.15) is 12.4 Å². The largest absolute Gasteiger partial charge is 0.492 e. The van der Waals surface area contributed by atoms with E-state index in [4.69, 9.17) is 78.9 Å². The predicted octanol–water partition coefficient (Wildman–Crippen LogP) is 3.45. The molecule has 0 spiro atoms. The van der Waals surface area contributed by atoms with Crippen LogP contribution in [0.1, 0.15) is 69.2 Å². The lowest BCUT2D eigenvalue weighted by molar-refractivity contribution is 0.0321. The van der Waals surface area contributed by atoms with Crippen molar-refractivity contribution in [3.8, 4) is 113 Å². The molecule has 0 amide bonds. The molecule has 1 fully saturated rings. The fraction of sp³-hybridized carbons (Fsp3) is 0.333. The Bertz CT molecular complexity index is 1700. The highest BCUT2D eigenvalue weighted by Gasteiger charge is 2.24. The van der Waals surface area contributed by atoms with Gasteiger partial charge in [-0.2, -0.15) is 0 Å². The molecule has 0 bridgehead atoms. The maximum Gasteiger partial charge on any atom is 0.152 e. The van der Waals surface area contributed by atoms with E-state index in [1.54, 1.807) is 0 Å². The van der Waals surface area contributed by atoms with Crippen LogP contribution in [0.25, 0.3) is 0 Å². The molecule has 1 aliphatic rings. The van der Waals surface area contributed by atoms with Crippen molar-refractivity contribution in [1.82, 2.24) is 4.90 Å². The van der Waals surface area contributed by atoms with Gasteiger partial charge >= 0.3 is 0 Å². The summed E-state index contributed by atoms with van der Waals surface area (Å²) < 4.78 is 11.6. The third kappa shape index (κ3) is 25.9. The summed E-state index contributed by atoms with van der Waals surface area (Å²) in [5.74, 6) is 40.3. The van der Waals surface area contributed by atoms with Crippen molar-refractivity contribution in [1.29, 1.82) is 0 Å². The molecule has 0 saturated carbocycles. The van der Waals surface area contributed by atoms with E-state index in [0.717, 1.165) is 45.2 Å². The fourth-order valence-corrected chi connectivity index (χ4v) is 3.97. The zero-order chi connectivity index (χ0) is 39.6. The number of terminal acetylenes is 2. The van der Waals surface area contributed by atoms with E-state index < -0.39 is 25.5 Å². The van der Waals surface area contributed by atoms with Crippen molar-refractivity contribution in [2.24, 2.45) is 5.34 Å². The second-order valence-corrected chi connectivity index (χ2v) is 10.8. The topological polar surface area (TPSA) is 71.4 Å². The van der Waals surface area contributed by atoms with Gasteiger partial charge in [0.15, 0.2) is 5.34 Å². The molecule has 16 heteroatoms. The number of hydrogen-bond acceptors (Lipinski definition) is 5. The van der Waals surface area contributed by atoms with Gasteiger partial charge in [0, 0.05) is 110 Å². The minimum absolute atomic E-state index is 0. The molecule has 1 aromatic carbocycles. The van der Waals surface area contributed by atoms with Gasteiger partial charge in [-0.3, -0.25) is 4.90 Å². The minimum atomic E-state index is -0.667. The van der Waals surface area contributed by atoms with Crippen LogP contribution in [-0.4, -0.2) is 122 Å². The molecular formula is C36H58B10N2O4. The molecular weight excluding hydrogens is 633 g/mol. The minimum Gasteiger partial charge on any atom is -0.492 e. The van der Waals surface area contributed by atoms with Crippen LogP contribution in [0, 0.1) is 112 Å². The summed E-state index contributed by atoms with van der Waals surface area (Å²) in [5, 5.41) is 7.89. The van der Waals surface area contributed by atoms with Crippen LogP contribution in [0.3, 0.4) is 0 Å². The first-order valence-corrected chi connectivity index (χ1v) is 15.9. The van der Waals surface area contributed by atoms with Crippen LogP contribution in [-0.2, 0) is 4.74 Å². The Morgan fingerprint density at radius 2 is 1.08 bits per heavy atom. The number of para-hydroxylation sites is 1. The van der Waals surface area contributed by atoms with Crippen molar-refractivity contribution >= 4 is 72.0 Å². The molecule has 12 radical (unpaired) electrons. The van der Waals surface area contributed by atoms with Crippen molar-refractivity contribution in [3.05, 3.63) is 34.2 Å². The van der Waals surface area contributed by atoms with E-state index in [2.05, 4.69) is 146 Å². The molecule has 0 unspecified atom stereocenters. The number of hydrogen-bond donors (Lipinski definition) is 1. The average molecular weight is 691 g/mol. The lowest BCUT2D eigenvalue weighted by atomic mass is 8.58. The predicted molar refractivity (Wildman–Crippen MR) is 252 cm³/mol. The summed E-state index contributed by atoms with van der Waals surface area (Å²) in [5.41, 5.74) is 2.64. The Kier molecular flexibility index (Phi) is 31.4. The molecule has 1 aliphatic heterocycles. The van der Waals surface area contributed by atoms with E-state index in [1.807, 2.05) is 0 Å². The van der Waals surface area contributed by atoms with Crippen LogP contribution in [0.15, 0.2) is 23.5 Å². The summed E-state index contributed by atoms with van der Waals surface area (Å²) >= 11 is 0. The number of rotatable bonds is 9. The zero-order valence-corrected chi connectivity index (χ0v) is 30.1. The number of morpholine rings is 1. The number of benzene rings is 1. The van der Waals surface area contributed by atoms with Crippen LogP contribution in [0.4, 0.5) is 0 Å². The van der Waals surface area contributed by atoms with Crippen LogP contribution >= 0.6 is 0 Å². The van der Waals surface area contributed by atoms with Crippen molar-refractivity contribution in [3.63, 3.8) is 0 Å². The van der Waals surface area contributed by atoms with Gasteiger partial charge in [-0.05, 0) is 118 Å². The van der Waals surface area contributed by atoms with Gasteiger partial charge in [0.2, 0.25) is 0 Å².